The molecule has 0 radical (unpaired) electrons. The van der Waals surface area contributed by atoms with Gasteiger partial charge in [0.05, 0.1) is 23.6 Å². The summed E-state index contributed by atoms with van der Waals surface area (Å²) in [7, 11) is -2.14. The van der Waals surface area contributed by atoms with Crippen LogP contribution in [0.1, 0.15) is 35.1 Å². The number of piperidine rings is 1. The molecule has 0 saturated carbocycles. The van der Waals surface area contributed by atoms with Gasteiger partial charge >= 0.3 is 0 Å². The number of primary sulfonamides is 1. The summed E-state index contributed by atoms with van der Waals surface area (Å²) < 4.78 is 34.9. The lowest BCUT2D eigenvalue weighted by Gasteiger charge is -2.32. The van der Waals surface area contributed by atoms with Gasteiger partial charge < -0.3 is 14.8 Å². The second-order valence-corrected chi connectivity index (χ2v) is 12.5. The number of aryl methyl sites for hydroxylation is 2. The van der Waals surface area contributed by atoms with Gasteiger partial charge in [0.2, 0.25) is 27.7 Å². The zero-order valence-electron chi connectivity index (χ0n) is 25.4. The minimum atomic E-state index is -3.71. The van der Waals surface area contributed by atoms with Gasteiger partial charge in [-0.05, 0) is 90.9 Å². The molecular weight excluding hydrogens is 590 g/mol. The number of ether oxygens (including phenoxy) is 2. The van der Waals surface area contributed by atoms with Crippen LogP contribution in [0.4, 0.5) is 5.95 Å². The smallest absolute Gasteiger partial charge is 0.238 e. The fourth-order valence-corrected chi connectivity index (χ4v) is 5.85. The van der Waals surface area contributed by atoms with Crippen LogP contribution in [0.15, 0.2) is 71.9 Å². The fourth-order valence-electron chi connectivity index (χ4n) is 5.33. The maximum atomic E-state index is 11.5. The van der Waals surface area contributed by atoms with E-state index in [0.717, 1.165) is 60.3 Å². The van der Waals surface area contributed by atoms with Crippen LogP contribution in [-0.2, 0) is 16.6 Å². The summed E-state index contributed by atoms with van der Waals surface area (Å²) in [5.74, 6) is 2.01. The first-order chi connectivity index (χ1) is 21.6. The van der Waals surface area contributed by atoms with Crippen LogP contribution < -0.4 is 19.9 Å². The SMILES string of the molecule is COc1cc(-c2cnc(NC3CCN(Cc4ccc(S(N)(=O)=O)cc4)CC3)nc2Oc2c(C)cc(C=CC#N)cc2C)ccn1. The molecule has 0 unspecified atom stereocenters. The third-order valence-electron chi connectivity index (χ3n) is 7.62. The molecule has 11 nitrogen and oxygen atoms in total. The highest BCUT2D eigenvalue weighted by molar-refractivity contribution is 7.89. The molecule has 2 aromatic heterocycles. The molecule has 3 N–H and O–H groups in total. The summed E-state index contributed by atoms with van der Waals surface area (Å²) in [4.78, 5) is 16.1. The molecule has 1 saturated heterocycles. The lowest BCUT2D eigenvalue weighted by atomic mass is 10.0. The average Bonchev–Trinajstić information content (AvgIpc) is 3.02. The number of hydrogen-bond acceptors (Lipinski definition) is 10. The van der Waals surface area contributed by atoms with Crippen LogP contribution in [0.3, 0.4) is 0 Å². The Balaban J connectivity index is 1.33. The number of nitrogens with two attached hydrogens (primary N) is 1. The molecule has 45 heavy (non-hydrogen) atoms. The lowest BCUT2D eigenvalue weighted by molar-refractivity contribution is 0.211. The molecule has 0 spiro atoms. The number of hydrogen-bond donors (Lipinski definition) is 2. The van der Waals surface area contributed by atoms with E-state index in [1.807, 2.05) is 44.2 Å². The number of benzene rings is 2. The van der Waals surface area contributed by atoms with Crippen LogP contribution in [0.5, 0.6) is 17.5 Å². The number of nitriles is 1. The predicted octanol–water partition coefficient (Wildman–Crippen LogP) is 5.22. The Morgan fingerprint density at radius 2 is 1.80 bits per heavy atom. The Morgan fingerprint density at radius 3 is 2.44 bits per heavy atom. The normalized spacial score (nSPS) is 14.3. The Bertz CT molecular complexity index is 1820. The van der Waals surface area contributed by atoms with Gasteiger partial charge in [-0.1, -0.05) is 12.1 Å². The number of aromatic nitrogens is 3. The summed E-state index contributed by atoms with van der Waals surface area (Å²) in [6.45, 7) is 6.36. The summed E-state index contributed by atoms with van der Waals surface area (Å²) in [6.07, 6.45) is 8.39. The van der Waals surface area contributed by atoms with Crippen molar-refractivity contribution < 1.29 is 17.9 Å². The fraction of sp³-hybridized carbons (Fsp3) is 0.273. The number of sulfonamides is 1. The molecule has 0 aliphatic carbocycles. The summed E-state index contributed by atoms with van der Waals surface area (Å²) in [5.41, 5.74) is 5.25. The first kappa shape index (κ1) is 31.6. The van der Waals surface area contributed by atoms with Crippen molar-refractivity contribution in [3.8, 4) is 34.7 Å². The van der Waals surface area contributed by atoms with Gasteiger partial charge in [0, 0.05) is 50.2 Å². The number of likely N-dealkylation sites (tertiary alicyclic amines) is 1. The summed E-state index contributed by atoms with van der Waals surface area (Å²) in [6, 6.07) is 16.5. The van der Waals surface area contributed by atoms with E-state index < -0.39 is 10.0 Å². The molecule has 0 bridgehead atoms. The molecule has 232 valence electrons. The molecule has 12 heteroatoms. The van der Waals surface area contributed by atoms with Crippen molar-refractivity contribution in [2.45, 2.75) is 44.2 Å². The van der Waals surface area contributed by atoms with Gasteiger partial charge in [0.25, 0.3) is 0 Å². The Kier molecular flexibility index (Phi) is 9.73. The maximum absolute atomic E-state index is 11.5. The van der Waals surface area contributed by atoms with Gasteiger partial charge in [-0.15, -0.1) is 0 Å². The second kappa shape index (κ2) is 13.9. The zero-order chi connectivity index (χ0) is 32.0. The number of nitrogens with zero attached hydrogens (tertiary/aromatic N) is 5. The van der Waals surface area contributed by atoms with E-state index in [0.29, 0.717) is 29.0 Å². The monoisotopic (exact) mass is 625 g/mol. The van der Waals surface area contributed by atoms with E-state index in [1.165, 1.54) is 6.08 Å². The van der Waals surface area contributed by atoms with Crippen molar-refractivity contribution in [2.75, 3.05) is 25.5 Å². The van der Waals surface area contributed by atoms with Crippen LogP contribution in [0.2, 0.25) is 0 Å². The van der Waals surface area contributed by atoms with Crippen LogP contribution >= 0.6 is 0 Å². The van der Waals surface area contributed by atoms with E-state index in [-0.39, 0.29) is 10.9 Å². The van der Waals surface area contributed by atoms with Gasteiger partial charge in [-0.3, -0.25) is 4.90 Å². The van der Waals surface area contributed by atoms with Crippen molar-refractivity contribution in [3.05, 3.63) is 89.3 Å². The standard InChI is InChI=1S/C33H35N7O4S/c1-22-17-25(5-4-13-34)18-23(2)31(22)44-32-29(26-10-14-36-30(19-26)43-3)20-37-33(39-32)38-27-11-15-40(16-12-27)21-24-6-8-28(9-7-24)45(35,41)42/h4-10,14,17-20,27H,11-12,15-16,21H2,1-3H3,(H2,35,41,42)(H,37,38,39). The molecule has 0 amide bonds. The van der Waals surface area contributed by atoms with Crippen LogP contribution in [0, 0.1) is 25.2 Å². The van der Waals surface area contributed by atoms with Crippen LogP contribution in [-0.4, -0.2) is 54.5 Å². The Labute approximate surface area is 263 Å². The number of pyridine rings is 1. The van der Waals surface area contributed by atoms with E-state index >= 15 is 0 Å². The second-order valence-electron chi connectivity index (χ2n) is 10.9. The highest BCUT2D eigenvalue weighted by Crippen LogP contribution is 2.36. The topological polar surface area (TPSA) is 156 Å². The molecule has 1 aliphatic heterocycles. The molecule has 3 heterocycles. The minimum Gasteiger partial charge on any atom is -0.481 e. The number of methoxy groups -OCH3 is 1. The van der Waals surface area contributed by atoms with E-state index in [1.54, 1.807) is 49.8 Å². The molecule has 0 atom stereocenters. The average molecular weight is 626 g/mol. The van der Waals surface area contributed by atoms with Crippen LogP contribution in [0.25, 0.3) is 17.2 Å². The molecule has 5 rings (SSSR count). The molecule has 2 aromatic carbocycles. The molecule has 1 fully saturated rings. The van der Waals surface area contributed by atoms with Crippen molar-refractivity contribution in [1.29, 1.82) is 5.26 Å². The summed E-state index contributed by atoms with van der Waals surface area (Å²) in [5, 5.41) is 17.6. The third-order valence-corrected chi connectivity index (χ3v) is 8.55. The summed E-state index contributed by atoms with van der Waals surface area (Å²) >= 11 is 0. The Hall–Kier alpha value is -4.83. The van der Waals surface area contributed by atoms with E-state index in [9.17, 15) is 8.42 Å². The highest BCUT2D eigenvalue weighted by atomic mass is 32.2. The lowest BCUT2D eigenvalue weighted by Crippen LogP contribution is -2.39. The number of allylic oxidation sites excluding steroid dienone is 1. The van der Waals surface area contributed by atoms with Gasteiger partial charge in [0.15, 0.2) is 0 Å². The number of nitrogens with one attached hydrogen (secondary N) is 1. The third kappa shape index (κ3) is 8.02. The van der Waals surface area contributed by atoms with E-state index in [2.05, 4.69) is 20.2 Å². The zero-order valence-corrected chi connectivity index (χ0v) is 26.2. The number of anilines is 1. The Morgan fingerprint density at radius 1 is 1.09 bits per heavy atom. The van der Waals surface area contributed by atoms with Gasteiger partial charge in [-0.2, -0.15) is 10.2 Å². The largest absolute Gasteiger partial charge is 0.481 e. The van der Waals surface area contributed by atoms with Crippen molar-refractivity contribution >= 4 is 22.0 Å². The quantitative estimate of drug-likeness (QED) is 0.224. The molecule has 1 aliphatic rings. The van der Waals surface area contributed by atoms with Crippen molar-refractivity contribution in [1.82, 2.24) is 19.9 Å². The maximum Gasteiger partial charge on any atom is 0.238 e. The van der Waals surface area contributed by atoms with Crippen molar-refractivity contribution in [3.63, 3.8) is 0 Å². The number of rotatable bonds is 10. The predicted molar refractivity (Wildman–Crippen MR) is 172 cm³/mol. The molecule has 4 aromatic rings. The van der Waals surface area contributed by atoms with Gasteiger partial charge in [0.1, 0.15) is 5.75 Å². The van der Waals surface area contributed by atoms with Crippen molar-refractivity contribution in [2.24, 2.45) is 5.14 Å². The first-order valence-electron chi connectivity index (χ1n) is 14.5. The highest BCUT2D eigenvalue weighted by Gasteiger charge is 2.22. The first-order valence-corrected chi connectivity index (χ1v) is 16.0. The van der Waals surface area contributed by atoms with E-state index in [4.69, 9.17) is 24.9 Å². The van der Waals surface area contributed by atoms with Gasteiger partial charge in [-0.25, -0.2) is 23.5 Å². The molecular formula is C33H35N7O4S. The minimum absolute atomic E-state index is 0.113.